The van der Waals surface area contributed by atoms with Crippen molar-refractivity contribution in [1.29, 1.82) is 0 Å². The summed E-state index contributed by atoms with van der Waals surface area (Å²) in [5.74, 6) is 0. The molecule has 2 aromatic rings. The zero-order valence-corrected chi connectivity index (χ0v) is 13.7. The van der Waals surface area contributed by atoms with Crippen molar-refractivity contribution in [3.8, 4) is 0 Å². The van der Waals surface area contributed by atoms with E-state index in [0.29, 0.717) is 5.11 Å². The van der Waals surface area contributed by atoms with Gasteiger partial charge in [0.15, 0.2) is 5.11 Å². The zero-order chi connectivity index (χ0) is 15.0. The van der Waals surface area contributed by atoms with E-state index in [1.165, 1.54) is 27.9 Å². The van der Waals surface area contributed by atoms with Crippen LogP contribution in [-0.2, 0) is 12.8 Å². The third-order valence-electron chi connectivity index (χ3n) is 3.52. The highest BCUT2D eigenvalue weighted by Crippen LogP contribution is 2.33. The maximum Gasteiger partial charge on any atom is 0.281 e. The van der Waals surface area contributed by atoms with Crippen molar-refractivity contribution in [3.63, 3.8) is 0 Å². The Bertz CT molecular complexity index is 747. The smallest absolute Gasteiger partial charge is 0.281 e. The largest absolute Gasteiger partial charge is 0.359 e. The molecule has 0 saturated heterocycles. The van der Waals surface area contributed by atoms with Crippen LogP contribution in [0.25, 0.3) is 10.2 Å². The van der Waals surface area contributed by atoms with Gasteiger partial charge in [0.1, 0.15) is 11.2 Å². The molecule has 0 aliphatic heterocycles. The monoisotopic (exact) mass is 322 g/mol. The maximum absolute atomic E-state index is 12.7. The Morgan fingerprint density at radius 1 is 1.43 bits per heavy atom. The number of thiophene rings is 1. The highest BCUT2D eigenvalue weighted by Gasteiger charge is 2.20. The molecule has 0 saturated carbocycles. The van der Waals surface area contributed by atoms with E-state index in [1.807, 2.05) is 13.8 Å². The summed E-state index contributed by atoms with van der Waals surface area (Å²) in [5.41, 5.74) is 4.03. The van der Waals surface area contributed by atoms with Gasteiger partial charge in [-0.1, -0.05) is 0 Å². The topological polar surface area (TPSA) is 58.9 Å². The molecule has 1 aliphatic rings. The van der Waals surface area contributed by atoms with Crippen molar-refractivity contribution in [2.24, 2.45) is 0 Å². The average Bonchev–Trinajstić information content (AvgIpc) is 2.80. The van der Waals surface area contributed by atoms with Gasteiger partial charge in [-0.25, -0.2) is 9.66 Å². The number of rotatable bonds is 2. The summed E-state index contributed by atoms with van der Waals surface area (Å²) in [4.78, 5) is 19.2. The first-order valence-electron chi connectivity index (χ1n) is 7.15. The second kappa shape index (κ2) is 5.73. The average molecular weight is 322 g/mol. The second-order valence-corrected chi connectivity index (χ2v) is 7.04. The van der Waals surface area contributed by atoms with Gasteiger partial charge < -0.3 is 5.32 Å². The lowest BCUT2D eigenvalue weighted by Crippen LogP contribution is -2.41. The van der Waals surface area contributed by atoms with E-state index in [-0.39, 0.29) is 11.6 Å². The van der Waals surface area contributed by atoms with E-state index < -0.39 is 0 Å². The molecule has 0 fully saturated rings. The third-order valence-corrected chi connectivity index (χ3v) is 4.93. The molecule has 2 aromatic heterocycles. The normalized spacial score (nSPS) is 14.2. The summed E-state index contributed by atoms with van der Waals surface area (Å²) >= 11 is 6.84. The maximum atomic E-state index is 12.7. The van der Waals surface area contributed by atoms with Crippen molar-refractivity contribution in [1.82, 2.24) is 15.0 Å². The quantitative estimate of drug-likeness (QED) is 0.830. The van der Waals surface area contributed by atoms with Crippen LogP contribution in [0.2, 0.25) is 0 Å². The minimum absolute atomic E-state index is 0.0627. The van der Waals surface area contributed by atoms with Crippen LogP contribution in [0.3, 0.4) is 0 Å². The van der Waals surface area contributed by atoms with Gasteiger partial charge >= 0.3 is 0 Å². The van der Waals surface area contributed by atoms with Gasteiger partial charge in [-0.3, -0.25) is 10.2 Å². The molecule has 5 nitrogen and oxygen atoms in total. The fourth-order valence-corrected chi connectivity index (χ4v) is 4.18. The Morgan fingerprint density at radius 3 is 2.95 bits per heavy atom. The van der Waals surface area contributed by atoms with Gasteiger partial charge in [0.2, 0.25) is 0 Å². The van der Waals surface area contributed by atoms with Gasteiger partial charge in [0.25, 0.3) is 5.56 Å². The summed E-state index contributed by atoms with van der Waals surface area (Å²) in [5, 5.41) is 4.25. The highest BCUT2D eigenvalue weighted by molar-refractivity contribution is 7.80. The fourth-order valence-electron chi connectivity index (χ4n) is 2.63. The number of nitrogens with zero attached hydrogens (tertiary/aromatic N) is 2. The first-order valence-corrected chi connectivity index (χ1v) is 8.38. The minimum Gasteiger partial charge on any atom is -0.359 e. The standard InChI is InChI=1S/C14H18N4OS2/c1-8(2)16-14(20)17-18-7-15-12-11(13(18)19)9-5-3-4-6-10(9)21-12/h7-8H,3-6H2,1-2H3,(H2,16,17,20). The number of aromatic nitrogens is 2. The molecule has 0 spiro atoms. The molecule has 2 heterocycles. The Kier molecular flexibility index (Phi) is 3.95. The molecular weight excluding hydrogens is 304 g/mol. The van der Waals surface area contributed by atoms with Gasteiger partial charge in [-0.15, -0.1) is 11.3 Å². The molecule has 0 aromatic carbocycles. The van der Waals surface area contributed by atoms with Crippen LogP contribution in [0.15, 0.2) is 11.1 Å². The summed E-state index contributed by atoms with van der Waals surface area (Å²) in [7, 11) is 0. The number of thiocarbonyl (C=S) groups is 1. The van der Waals surface area contributed by atoms with Crippen molar-refractivity contribution in [2.45, 2.75) is 45.6 Å². The Balaban J connectivity index is 2.00. The predicted octanol–water partition coefficient (Wildman–Crippen LogP) is 2.16. The summed E-state index contributed by atoms with van der Waals surface area (Å²) in [6.45, 7) is 3.99. The van der Waals surface area contributed by atoms with Gasteiger partial charge in [-0.05, 0) is 57.3 Å². The summed E-state index contributed by atoms with van der Waals surface area (Å²) in [6, 6.07) is 0.214. The SMILES string of the molecule is CC(C)NC(=S)Nn1cnc2sc3c(c2c1=O)CCCC3. The molecule has 2 N–H and O–H groups in total. The van der Waals surface area contributed by atoms with Gasteiger partial charge in [0, 0.05) is 10.9 Å². The number of nitrogens with one attached hydrogen (secondary N) is 2. The summed E-state index contributed by atoms with van der Waals surface area (Å²) in [6.07, 6.45) is 5.91. The number of fused-ring (bicyclic) bond motifs is 3. The predicted molar refractivity (Wildman–Crippen MR) is 90.8 cm³/mol. The Morgan fingerprint density at radius 2 is 2.19 bits per heavy atom. The lowest BCUT2D eigenvalue weighted by atomic mass is 9.97. The van der Waals surface area contributed by atoms with Crippen molar-refractivity contribution >= 4 is 38.9 Å². The number of aryl methyl sites for hydroxylation is 2. The second-order valence-electron chi connectivity index (χ2n) is 5.55. The third kappa shape index (κ3) is 2.80. The van der Waals surface area contributed by atoms with Crippen LogP contribution in [-0.4, -0.2) is 20.8 Å². The van der Waals surface area contributed by atoms with Crippen LogP contribution in [0.1, 0.15) is 37.1 Å². The van der Waals surface area contributed by atoms with Crippen molar-refractivity contribution in [2.75, 3.05) is 5.43 Å². The fraction of sp³-hybridized carbons (Fsp3) is 0.500. The highest BCUT2D eigenvalue weighted by atomic mass is 32.1. The van der Waals surface area contributed by atoms with Crippen molar-refractivity contribution in [3.05, 3.63) is 27.1 Å². The van der Waals surface area contributed by atoms with Gasteiger partial charge in [0.05, 0.1) is 5.39 Å². The van der Waals surface area contributed by atoms with Crippen LogP contribution in [0.4, 0.5) is 0 Å². The zero-order valence-electron chi connectivity index (χ0n) is 12.1. The Hall–Kier alpha value is -1.47. The molecule has 0 atom stereocenters. The van der Waals surface area contributed by atoms with E-state index in [9.17, 15) is 4.79 Å². The van der Waals surface area contributed by atoms with Crippen LogP contribution < -0.4 is 16.3 Å². The molecular formula is C14H18N4OS2. The van der Waals surface area contributed by atoms with Crippen LogP contribution >= 0.6 is 23.6 Å². The van der Waals surface area contributed by atoms with Crippen LogP contribution in [0.5, 0.6) is 0 Å². The molecule has 0 bridgehead atoms. The Labute approximate surface area is 132 Å². The van der Waals surface area contributed by atoms with E-state index >= 15 is 0 Å². The molecule has 1 aliphatic carbocycles. The molecule has 0 amide bonds. The van der Waals surface area contributed by atoms with E-state index in [4.69, 9.17) is 12.2 Å². The molecule has 3 rings (SSSR count). The number of hydrogen-bond acceptors (Lipinski definition) is 4. The van der Waals surface area contributed by atoms with E-state index in [1.54, 1.807) is 11.3 Å². The first-order chi connectivity index (χ1) is 10.1. The molecule has 21 heavy (non-hydrogen) atoms. The van der Waals surface area contributed by atoms with Crippen molar-refractivity contribution < 1.29 is 0 Å². The lowest BCUT2D eigenvalue weighted by molar-refractivity contribution is 0.699. The number of hydrogen-bond donors (Lipinski definition) is 2. The van der Waals surface area contributed by atoms with Gasteiger partial charge in [-0.2, -0.15) is 0 Å². The van der Waals surface area contributed by atoms with Crippen LogP contribution in [0, 0.1) is 0 Å². The molecule has 7 heteroatoms. The molecule has 112 valence electrons. The molecule has 0 unspecified atom stereocenters. The first kappa shape index (κ1) is 14.5. The molecule has 0 radical (unpaired) electrons. The van der Waals surface area contributed by atoms with E-state index in [0.717, 1.165) is 29.5 Å². The lowest BCUT2D eigenvalue weighted by Gasteiger charge is -2.14. The summed E-state index contributed by atoms with van der Waals surface area (Å²) < 4.78 is 1.38. The minimum atomic E-state index is -0.0627. The van der Waals surface area contributed by atoms with E-state index in [2.05, 4.69) is 15.7 Å².